The number of alkyl halides is 1. The molecule has 1 aromatic carbocycles. The van der Waals surface area contributed by atoms with Gasteiger partial charge in [-0.1, -0.05) is 18.2 Å². The molecule has 2 rings (SSSR count). The van der Waals surface area contributed by atoms with Gasteiger partial charge in [-0.05, 0) is 31.0 Å². The lowest BCUT2D eigenvalue weighted by Gasteiger charge is -2.03. The van der Waals surface area contributed by atoms with Gasteiger partial charge in [-0.3, -0.25) is 0 Å². The number of benzene rings is 1. The van der Waals surface area contributed by atoms with E-state index in [9.17, 15) is 4.39 Å². The van der Waals surface area contributed by atoms with Crippen LogP contribution in [0.2, 0.25) is 0 Å². The summed E-state index contributed by atoms with van der Waals surface area (Å²) in [5.74, 6) is -0.316. The molecule has 0 amide bonds. The molecule has 0 saturated carbocycles. The average molecular weight is 254 g/mol. The van der Waals surface area contributed by atoms with E-state index in [4.69, 9.17) is 11.6 Å². The second-order valence-corrected chi connectivity index (χ2v) is 4.45. The summed E-state index contributed by atoms with van der Waals surface area (Å²) in [6.07, 6.45) is 2.42. The second kappa shape index (κ2) is 4.84. The third kappa shape index (κ3) is 2.47. The minimum Gasteiger partial charge on any atom is -0.217 e. The Bertz CT molecular complexity index is 524. The summed E-state index contributed by atoms with van der Waals surface area (Å²) in [4.78, 5) is 0. The summed E-state index contributed by atoms with van der Waals surface area (Å²) in [5, 5.41) is 7.65. The molecule has 2 aromatic rings. The highest BCUT2D eigenvalue weighted by atomic mass is 35.5. The van der Waals surface area contributed by atoms with E-state index in [1.807, 2.05) is 19.9 Å². The minimum absolute atomic E-state index is 0.183. The molecular weight excluding hydrogens is 241 g/mol. The Balaban J connectivity index is 2.37. The molecule has 1 aromatic heterocycles. The van der Waals surface area contributed by atoms with Crippen molar-refractivity contribution in [2.24, 2.45) is 0 Å². The number of halogens is 2. The molecule has 0 aliphatic heterocycles. The van der Waals surface area contributed by atoms with Crippen LogP contribution in [0.4, 0.5) is 4.39 Å². The molecule has 0 saturated heterocycles. The van der Waals surface area contributed by atoms with Gasteiger partial charge in [0, 0.05) is 0 Å². The van der Waals surface area contributed by atoms with E-state index in [1.165, 1.54) is 10.7 Å². The number of aryl methyl sites for hydroxylation is 1. The van der Waals surface area contributed by atoms with Gasteiger partial charge >= 0.3 is 0 Å². The summed E-state index contributed by atoms with van der Waals surface area (Å²) in [7, 11) is 0. The molecule has 90 valence electrons. The van der Waals surface area contributed by atoms with Crippen molar-refractivity contribution in [3.63, 3.8) is 0 Å². The van der Waals surface area contributed by atoms with Gasteiger partial charge in [0.05, 0.1) is 11.6 Å². The first-order valence-corrected chi connectivity index (χ1v) is 5.88. The Morgan fingerprint density at radius 1 is 1.47 bits per heavy atom. The maximum absolute atomic E-state index is 13.7. The summed E-state index contributed by atoms with van der Waals surface area (Å²) in [5.41, 5.74) is 1.92. The van der Waals surface area contributed by atoms with Crippen molar-refractivity contribution in [1.82, 2.24) is 15.0 Å². The molecular formula is C12H13ClFN3. The van der Waals surface area contributed by atoms with Crippen LogP contribution in [-0.4, -0.2) is 15.0 Å². The lowest BCUT2D eigenvalue weighted by molar-refractivity contribution is 0.606. The summed E-state index contributed by atoms with van der Waals surface area (Å²) in [6.45, 7) is 3.80. The van der Waals surface area contributed by atoms with Crippen molar-refractivity contribution < 1.29 is 4.39 Å². The maximum atomic E-state index is 13.7. The van der Waals surface area contributed by atoms with Crippen LogP contribution in [0.3, 0.4) is 0 Å². The standard InChI is InChI=1S/C12H13ClFN3/c1-3-9(13)11-7-17(16-15-11)12-5-4-8(2)6-10(12)14/h4-7,9H,3H2,1-2H3. The monoisotopic (exact) mass is 253 g/mol. The molecule has 0 N–H and O–H groups in total. The average Bonchev–Trinajstić information content (AvgIpc) is 2.77. The molecule has 0 bridgehead atoms. The third-order valence-electron chi connectivity index (χ3n) is 2.54. The normalized spacial score (nSPS) is 12.7. The summed E-state index contributed by atoms with van der Waals surface area (Å²) < 4.78 is 15.1. The van der Waals surface area contributed by atoms with Crippen LogP contribution in [0.25, 0.3) is 5.69 Å². The number of hydrogen-bond acceptors (Lipinski definition) is 2. The van der Waals surface area contributed by atoms with E-state index < -0.39 is 0 Å². The van der Waals surface area contributed by atoms with Gasteiger partial charge < -0.3 is 0 Å². The number of rotatable bonds is 3. The van der Waals surface area contributed by atoms with Crippen molar-refractivity contribution in [3.05, 3.63) is 41.5 Å². The Labute approximate surface area is 104 Å². The van der Waals surface area contributed by atoms with Crippen molar-refractivity contribution in [1.29, 1.82) is 0 Å². The number of nitrogens with zero attached hydrogens (tertiary/aromatic N) is 3. The molecule has 5 heteroatoms. The first-order chi connectivity index (χ1) is 8.11. The first kappa shape index (κ1) is 12.0. The van der Waals surface area contributed by atoms with Crippen LogP contribution in [0.5, 0.6) is 0 Å². The highest BCUT2D eigenvalue weighted by Crippen LogP contribution is 2.22. The third-order valence-corrected chi connectivity index (χ3v) is 3.07. The Kier molecular flexibility index (Phi) is 3.43. The maximum Gasteiger partial charge on any atom is 0.149 e. The Morgan fingerprint density at radius 3 is 2.88 bits per heavy atom. The molecule has 0 aliphatic carbocycles. The van der Waals surface area contributed by atoms with Crippen molar-refractivity contribution in [2.75, 3.05) is 0 Å². The smallest absolute Gasteiger partial charge is 0.149 e. The first-order valence-electron chi connectivity index (χ1n) is 5.44. The molecule has 0 fully saturated rings. The fraction of sp³-hybridized carbons (Fsp3) is 0.333. The van der Waals surface area contributed by atoms with Crippen LogP contribution in [0.15, 0.2) is 24.4 Å². The zero-order valence-corrected chi connectivity index (χ0v) is 10.4. The SMILES string of the molecule is CCC(Cl)c1cn(-c2ccc(C)cc2F)nn1. The van der Waals surface area contributed by atoms with E-state index in [-0.39, 0.29) is 11.2 Å². The molecule has 17 heavy (non-hydrogen) atoms. The van der Waals surface area contributed by atoms with Crippen molar-refractivity contribution >= 4 is 11.6 Å². The quantitative estimate of drug-likeness (QED) is 0.785. The minimum atomic E-state index is -0.316. The molecule has 3 nitrogen and oxygen atoms in total. The molecule has 0 spiro atoms. The topological polar surface area (TPSA) is 30.7 Å². The fourth-order valence-corrected chi connectivity index (χ4v) is 1.64. The molecule has 0 aliphatic rings. The summed E-state index contributed by atoms with van der Waals surface area (Å²) in [6, 6.07) is 4.98. The van der Waals surface area contributed by atoms with Crippen LogP contribution >= 0.6 is 11.6 Å². The predicted octanol–water partition coefficient (Wildman–Crippen LogP) is 3.40. The van der Waals surface area contributed by atoms with E-state index in [1.54, 1.807) is 12.3 Å². The highest BCUT2D eigenvalue weighted by molar-refractivity contribution is 6.20. The highest BCUT2D eigenvalue weighted by Gasteiger charge is 2.12. The fourth-order valence-electron chi connectivity index (χ4n) is 1.54. The van der Waals surface area contributed by atoms with Crippen molar-refractivity contribution in [2.45, 2.75) is 25.6 Å². The van der Waals surface area contributed by atoms with Crippen molar-refractivity contribution in [3.8, 4) is 5.69 Å². The zero-order valence-electron chi connectivity index (χ0n) is 9.69. The second-order valence-electron chi connectivity index (χ2n) is 3.92. The lowest BCUT2D eigenvalue weighted by atomic mass is 10.2. The molecule has 1 heterocycles. The van der Waals surface area contributed by atoms with Gasteiger partial charge in [0.25, 0.3) is 0 Å². The van der Waals surface area contributed by atoms with Gasteiger partial charge in [0.1, 0.15) is 17.2 Å². The number of aromatic nitrogens is 3. The van der Waals surface area contributed by atoms with Gasteiger partial charge in [-0.15, -0.1) is 16.7 Å². The van der Waals surface area contributed by atoms with Gasteiger partial charge in [-0.25, -0.2) is 9.07 Å². The molecule has 0 radical (unpaired) electrons. The molecule has 1 unspecified atom stereocenters. The van der Waals surface area contributed by atoms with Gasteiger partial charge in [-0.2, -0.15) is 0 Å². The zero-order chi connectivity index (χ0) is 12.4. The Hall–Kier alpha value is -1.42. The van der Waals surface area contributed by atoms with Gasteiger partial charge in [0.15, 0.2) is 0 Å². The lowest BCUT2D eigenvalue weighted by Crippen LogP contribution is -1.98. The largest absolute Gasteiger partial charge is 0.217 e. The van der Waals surface area contributed by atoms with Crippen LogP contribution in [0, 0.1) is 12.7 Å². The van der Waals surface area contributed by atoms with Crippen LogP contribution in [-0.2, 0) is 0 Å². The Morgan fingerprint density at radius 2 is 2.24 bits per heavy atom. The van der Waals surface area contributed by atoms with E-state index >= 15 is 0 Å². The van der Waals surface area contributed by atoms with E-state index in [0.29, 0.717) is 11.4 Å². The predicted molar refractivity (Wildman–Crippen MR) is 64.9 cm³/mol. The van der Waals surface area contributed by atoms with E-state index in [2.05, 4.69) is 10.3 Å². The number of hydrogen-bond donors (Lipinski definition) is 0. The van der Waals surface area contributed by atoms with E-state index in [0.717, 1.165) is 12.0 Å². The van der Waals surface area contributed by atoms with Crippen LogP contribution < -0.4 is 0 Å². The van der Waals surface area contributed by atoms with Crippen LogP contribution in [0.1, 0.15) is 30.0 Å². The summed E-state index contributed by atoms with van der Waals surface area (Å²) >= 11 is 6.05. The molecule has 1 atom stereocenters. The van der Waals surface area contributed by atoms with Gasteiger partial charge in [0.2, 0.25) is 0 Å².